The highest BCUT2D eigenvalue weighted by atomic mass is 35.5. The van der Waals surface area contributed by atoms with Crippen LogP contribution >= 0.6 is 11.6 Å². The lowest BCUT2D eigenvalue weighted by molar-refractivity contribution is 0.102. The first kappa shape index (κ1) is 15.9. The van der Waals surface area contributed by atoms with Crippen molar-refractivity contribution in [1.82, 2.24) is 9.97 Å². The predicted octanol–water partition coefficient (Wildman–Crippen LogP) is 4.27. The molecule has 2 aromatic carbocycles. The summed E-state index contributed by atoms with van der Waals surface area (Å²) in [6.07, 6.45) is 2.72. The number of halogens is 2. The molecule has 3 aromatic rings. The lowest BCUT2D eigenvalue weighted by Crippen LogP contribution is -2.14. The smallest absolute Gasteiger partial charge is 0.275 e. The quantitative estimate of drug-likeness (QED) is 0.743. The van der Waals surface area contributed by atoms with E-state index in [2.05, 4.69) is 20.6 Å². The molecule has 7 heteroatoms. The van der Waals surface area contributed by atoms with Gasteiger partial charge in [-0.2, -0.15) is 0 Å². The molecule has 0 fully saturated rings. The fourth-order valence-electron chi connectivity index (χ4n) is 1.97. The highest BCUT2D eigenvalue weighted by Gasteiger charge is 2.10. The molecule has 0 unspecified atom stereocenters. The number of hydrogen-bond acceptors (Lipinski definition) is 4. The Morgan fingerprint density at radius 1 is 1.04 bits per heavy atom. The van der Waals surface area contributed by atoms with E-state index in [0.717, 1.165) is 0 Å². The van der Waals surface area contributed by atoms with E-state index < -0.39 is 5.91 Å². The van der Waals surface area contributed by atoms with Gasteiger partial charge in [0.15, 0.2) is 0 Å². The predicted molar refractivity (Wildman–Crippen MR) is 91.1 cm³/mol. The van der Waals surface area contributed by atoms with E-state index in [-0.39, 0.29) is 11.5 Å². The summed E-state index contributed by atoms with van der Waals surface area (Å²) in [6.45, 7) is 0. The van der Waals surface area contributed by atoms with Gasteiger partial charge in [-0.05, 0) is 30.3 Å². The first-order valence-electron chi connectivity index (χ1n) is 7.02. The summed E-state index contributed by atoms with van der Waals surface area (Å²) >= 11 is 5.99. The summed E-state index contributed by atoms with van der Waals surface area (Å²) in [5.41, 5.74) is 1.17. The number of rotatable bonds is 4. The minimum absolute atomic E-state index is 0.139. The van der Waals surface area contributed by atoms with Crippen LogP contribution in [0, 0.1) is 5.82 Å². The molecule has 0 saturated carbocycles. The fourth-order valence-corrected chi connectivity index (χ4v) is 2.16. The third kappa shape index (κ3) is 3.85. The number of hydrogen-bond donors (Lipinski definition) is 2. The van der Waals surface area contributed by atoms with Crippen LogP contribution in [0.5, 0.6) is 0 Å². The second kappa shape index (κ2) is 7.06. The molecule has 24 heavy (non-hydrogen) atoms. The van der Waals surface area contributed by atoms with Gasteiger partial charge in [-0.3, -0.25) is 4.79 Å². The van der Waals surface area contributed by atoms with Crippen molar-refractivity contribution in [1.29, 1.82) is 0 Å². The molecule has 0 aliphatic carbocycles. The number of carbonyl (C=O) groups is 1. The number of nitrogens with zero attached hydrogens (tertiary/aromatic N) is 2. The molecule has 2 N–H and O–H groups in total. The second-order valence-electron chi connectivity index (χ2n) is 4.86. The van der Waals surface area contributed by atoms with Gasteiger partial charge in [0, 0.05) is 5.69 Å². The Kier molecular flexibility index (Phi) is 4.67. The summed E-state index contributed by atoms with van der Waals surface area (Å²) < 4.78 is 13.1. The summed E-state index contributed by atoms with van der Waals surface area (Å²) in [5.74, 6) is -0.383. The van der Waals surface area contributed by atoms with Gasteiger partial charge < -0.3 is 10.6 Å². The highest BCUT2D eigenvalue weighted by Crippen LogP contribution is 2.21. The number of anilines is 3. The van der Waals surface area contributed by atoms with Crippen molar-refractivity contribution in [3.63, 3.8) is 0 Å². The number of para-hydroxylation sites is 1. The molecule has 1 amide bonds. The van der Waals surface area contributed by atoms with Crippen molar-refractivity contribution in [2.24, 2.45) is 0 Å². The van der Waals surface area contributed by atoms with Gasteiger partial charge in [0.1, 0.15) is 17.3 Å². The monoisotopic (exact) mass is 342 g/mol. The van der Waals surface area contributed by atoms with Gasteiger partial charge in [-0.15, -0.1) is 0 Å². The highest BCUT2D eigenvalue weighted by molar-refractivity contribution is 6.33. The van der Waals surface area contributed by atoms with E-state index in [1.165, 1.54) is 24.5 Å². The number of amides is 1. The second-order valence-corrected chi connectivity index (χ2v) is 5.26. The standard InChI is InChI=1S/C17H12ClFN4O/c18-13-6-1-2-7-14(13)23-17(24)15-9-21-16(10-20-15)22-12-5-3-4-11(19)8-12/h1-10H,(H,21,22)(H,23,24). The van der Waals surface area contributed by atoms with Gasteiger partial charge in [0.2, 0.25) is 0 Å². The zero-order valence-corrected chi connectivity index (χ0v) is 13.1. The molecule has 120 valence electrons. The van der Waals surface area contributed by atoms with Crippen LogP contribution in [0.2, 0.25) is 5.02 Å². The third-order valence-corrected chi connectivity index (χ3v) is 3.43. The normalized spacial score (nSPS) is 10.2. The van der Waals surface area contributed by atoms with Gasteiger partial charge >= 0.3 is 0 Å². The van der Waals surface area contributed by atoms with Crippen LogP contribution in [0.4, 0.5) is 21.6 Å². The maximum absolute atomic E-state index is 13.1. The molecule has 0 radical (unpaired) electrons. The zero-order chi connectivity index (χ0) is 16.9. The Bertz CT molecular complexity index is 870. The number of nitrogens with one attached hydrogen (secondary N) is 2. The van der Waals surface area contributed by atoms with E-state index in [1.54, 1.807) is 36.4 Å². The molecule has 0 saturated heterocycles. The van der Waals surface area contributed by atoms with Gasteiger partial charge in [0.25, 0.3) is 5.91 Å². The lowest BCUT2D eigenvalue weighted by atomic mass is 10.3. The van der Waals surface area contributed by atoms with Gasteiger partial charge in [0.05, 0.1) is 23.1 Å². The van der Waals surface area contributed by atoms with E-state index in [1.807, 2.05) is 0 Å². The minimum Gasteiger partial charge on any atom is -0.339 e. The largest absolute Gasteiger partial charge is 0.339 e. The maximum atomic E-state index is 13.1. The minimum atomic E-state index is -0.423. The summed E-state index contributed by atoms with van der Waals surface area (Å²) in [7, 11) is 0. The van der Waals surface area contributed by atoms with Crippen LogP contribution in [0.15, 0.2) is 60.9 Å². The average Bonchev–Trinajstić information content (AvgIpc) is 2.57. The van der Waals surface area contributed by atoms with Crippen LogP contribution in [-0.2, 0) is 0 Å². The first-order chi connectivity index (χ1) is 11.6. The molecular weight excluding hydrogens is 331 g/mol. The Morgan fingerprint density at radius 2 is 1.88 bits per heavy atom. The Morgan fingerprint density at radius 3 is 2.58 bits per heavy atom. The Labute approximate surface area is 142 Å². The molecule has 1 aromatic heterocycles. The van der Waals surface area contributed by atoms with E-state index in [9.17, 15) is 9.18 Å². The van der Waals surface area contributed by atoms with Crippen LogP contribution in [-0.4, -0.2) is 15.9 Å². The Balaban J connectivity index is 1.70. The van der Waals surface area contributed by atoms with Crippen molar-refractivity contribution in [3.05, 3.63) is 77.5 Å². The average molecular weight is 343 g/mol. The van der Waals surface area contributed by atoms with Crippen LogP contribution in [0.25, 0.3) is 0 Å². The number of benzene rings is 2. The summed E-state index contributed by atoms with van der Waals surface area (Å²) in [6, 6.07) is 12.9. The molecule has 0 aliphatic rings. The molecule has 1 heterocycles. The van der Waals surface area contributed by atoms with Crippen molar-refractivity contribution in [3.8, 4) is 0 Å². The molecular formula is C17H12ClFN4O. The third-order valence-electron chi connectivity index (χ3n) is 3.10. The van der Waals surface area contributed by atoms with Gasteiger partial charge in [-0.25, -0.2) is 14.4 Å². The van der Waals surface area contributed by atoms with E-state index in [4.69, 9.17) is 11.6 Å². The molecule has 5 nitrogen and oxygen atoms in total. The zero-order valence-electron chi connectivity index (χ0n) is 12.3. The summed E-state index contributed by atoms with van der Waals surface area (Å²) in [5, 5.41) is 6.00. The number of aromatic nitrogens is 2. The maximum Gasteiger partial charge on any atom is 0.275 e. The van der Waals surface area contributed by atoms with Crippen molar-refractivity contribution < 1.29 is 9.18 Å². The molecule has 0 bridgehead atoms. The van der Waals surface area contributed by atoms with Crippen molar-refractivity contribution >= 4 is 34.7 Å². The Hall–Kier alpha value is -2.99. The fraction of sp³-hybridized carbons (Fsp3) is 0. The van der Waals surface area contributed by atoms with Crippen LogP contribution in [0.1, 0.15) is 10.5 Å². The lowest BCUT2D eigenvalue weighted by Gasteiger charge is -2.08. The van der Waals surface area contributed by atoms with E-state index in [0.29, 0.717) is 22.2 Å². The van der Waals surface area contributed by atoms with Crippen LogP contribution < -0.4 is 10.6 Å². The number of carbonyl (C=O) groups excluding carboxylic acids is 1. The van der Waals surface area contributed by atoms with Crippen molar-refractivity contribution in [2.45, 2.75) is 0 Å². The van der Waals surface area contributed by atoms with Gasteiger partial charge in [-0.1, -0.05) is 29.8 Å². The van der Waals surface area contributed by atoms with E-state index >= 15 is 0 Å². The molecule has 0 aliphatic heterocycles. The topological polar surface area (TPSA) is 66.9 Å². The van der Waals surface area contributed by atoms with Crippen LogP contribution in [0.3, 0.4) is 0 Å². The first-order valence-corrected chi connectivity index (χ1v) is 7.40. The summed E-state index contributed by atoms with van der Waals surface area (Å²) in [4.78, 5) is 20.3. The SMILES string of the molecule is O=C(Nc1ccccc1Cl)c1cnc(Nc2cccc(F)c2)cn1. The van der Waals surface area contributed by atoms with Crippen molar-refractivity contribution in [2.75, 3.05) is 10.6 Å². The molecule has 0 atom stereocenters. The molecule has 0 spiro atoms. The molecule has 3 rings (SSSR count).